The Kier molecular flexibility index (Phi) is 11.8. The van der Waals surface area contributed by atoms with E-state index in [2.05, 4.69) is 5.32 Å². The second-order valence-electron chi connectivity index (χ2n) is 10.6. The molecule has 0 bridgehead atoms. The van der Waals surface area contributed by atoms with Crippen LogP contribution in [0.5, 0.6) is 0 Å². The summed E-state index contributed by atoms with van der Waals surface area (Å²) in [4.78, 5) is 11.6. The molecule has 0 aromatic heterocycles. The van der Waals surface area contributed by atoms with Crippen molar-refractivity contribution in [2.24, 2.45) is 11.5 Å². The van der Waals surface area contributed by atoms with E-state index in [1.165, 1.54) is 6.92 Å². The van der Waals surface area contributed by atoms with E-state index in [4.69, 9.17) is 35.2 Å². The molecular formula is C23H43N3O15. The predicted molar refractivity (Wildman–Crippen MR) is 132 cm³/mol. The van der Waals surface area contributed by atoms with Gasteiger partial charge < -0.3 is 81.1 Å². The summed E-state index contributed by atoms with van der Waals surface area (Å²) in [5.74, 6) is -1.32. The Hall–Kier alpha value is -1.17. The maximum atomic E-state index is 11.6. The van der Waals surface area contributed by atoms with Crippen LogP contribution in [0.1, 0.15) is 20.3 Å². The summed E-state index contributed by atoms with van der Waals surface area (Å²) in [6.45, 7) is 0.607. The van der Waals surface area contributed by atoms with E-state index in [-0.39, 0.29) is 6.42 Å². The van der Waals surface area contributed by atoms with E-state index in [0.717, 1.165) is 0 Å². The third-order valence-electron chi connectivity index (χ3n) is 7.96. The monoisotopic (exact) mass is 601 g/mol. The van der Waals surface area contributed by atoms with Gasteiger partial charge >= 0.3 is 5.97 Å². The van der Waals surface area contributed by atoms with Crippen LogP contribution < -0.4 is 16.8 Å². The molecule has 0 amide bonds. The standard InChI is InChI=1S/C23H43N3O15/c1-3-23(6-29)18(33)14(31)11(25)21(41-23)39-17-9(5-28)38-22(12(15(17)32)26-7(2)19(34)35)40-16-8(4-27)37-20(36)10(24)13(16)30/h7-18,20-22,26-33,36H,3-6,24-25H2,1-2H3,(H,34,35)/t7?,8-,9-,10-,11-,12-,13-,14-,15-,16?,17?,18+,20-,21+,22+,23-/m1/s1. The summed E-state index contributed by atoms with van der Waals surface area (Å²) < 4.78 is 28.5. The molecule has 0 radical (unpaired) electrons. The van der Waals surface area contributed by atoms with Gasteiger partial charge in [0.05, 0.1) is 37.9 Å². The zero-order valence-corrected chi connectivity index (χ0v) is 22.6. The maximum Gasteiger partial charge on any atom is 0.320 e. The number of carbonyl (C=O) groups is 1. The van der Waals surface area contributed by atoms with Gasteiger partial charge in [0.2, 0.25) is 0 Å². The molecule has 0 aliphatic carbocycles. The lowest BCUT2D eigenvalue weighted by Gasteiger charge is -2.51. The Labute approximate surface area is 235 Å². The largest absolute Gasteiger partial charge is 0.480 e. The molecule has 3 unspecified atom stereocenters. The van der Waals surface area contributed by atoms with E-state index < -0.39 is 123 Å². The molecule has 3 rings (SSSR count). The minimum Gasteiger partial charge on any atom is -0.480 e. The van der Waals surface area contributed by atoms with Gasteiger partial charge in [-0.05, 0) is 13.3 Å². The maximum absolute atomic E-state index is 11.6. The number of ether oxygens (including phenoxy) is 5. The van der Waals surface area contributed by atoms with Gasteiger partial charge in [0.25, 0.3) is 0 Å². The molecule has 0 aromatic carbocycles. The number of aliphatic carboxylic acids is 1. The van der Waals surface area contributed by atoms with Crippen LogP contribution in [0.4, 0.5) is 0 Å². The molecule has 3 aliphatic heterocycles. The molecule has 14 N–H and O–H groups in total. The fraction of sp³-hybridized carbons (Fsp3) is 0.957. The third-order valence-corrected chi connectivity index (χ3v) is 7.96. The van der Waals surface area contributed by atoms with Crippen LogP contribution in [0.3, 0.4) is 0 Å². The van der Waals surface area contributed by atoms with Crippen molar-refractivity contribution in [2.75, 3.05) is 19.8 Å². The second-order valence-corrected chi connectivity index (χ2v) is 10.6. The Morgan fingerprint density at radius 2 is 1.46 bits per heavy atom. The molecule has 18 heteroatoms. The first-order valence-electron chi connectivity index (χ1n) is 13.3. The van der Waals surface area contributed by atoms with Gasteiger partial charge in [0.1, 0.15) is 60.5 Å². The van der Waals surface area contributed by atoms with Crippen molar-refractivity contribution in [3.8, 4) is 0 Å². The Bertz CT molecular complexity index is 853. The number of carboxylic acid groups (broad SMARTS) is 1. The van der Waals surface area contributed by atoms with Crippen LogP contribution in [0, 0.1) is 0 Å². The zero-order chi connectivity index (χ0) is 30.8. The molecule has 3 fully saturated rings. The number of aliphatic hydroxyl groups excluding tert-OH is 8. The summed E-state index contributed by atoms with van der Waals surface area (Å²) in [5.41, 5.74) is 10.1. The van der Waals surface area contributed by atoms with Gasteiger partial charge in [-0.1, -0.05) is 6.92 Å². The molecule has 240 valence electrons. The second kappa shape index (κ2) is 14.1. The molecule has 16 atom stereocenters. The van der Waals surface area contributed by atoms with E-state index in [1.54, 1.807) is 6.92 Å². The first-order valence-corrected chi connectivity index (χ1v) is 13.3. The minimum atomic E-state index is -1.73. The molecular weight excluding hydrogens is 558 g/mol. The van der Waals surface area contributed by atoms with Gasteiger partial charge in [-0.3, -0.25) is 10.1 Å². The molecule has 0 saturated carbocycles. The van der Waals surface area contributed by atoms with E-state index in [1.807, 2.05) is 0 Å². The third kappa shape index (κ3) is 6.83. The molecule has 0 spiro atoms. The highest BCUT2D eigenvalue weighted by atomic mass is 16.7. The fourth-order valence-electron chi connectivity index (χ4n) is 5.18. The number of nitrogens with one attached hydrogen (secondary N) is 1. The van der Waals surface area contributed by atoms with Crippen LogP contribution >= 0.6 is 0 Å². The average Bonchev–Trinajstić information content (AvgIpc) is 2.96. The van der Waals surface area contributed by atoms with E-state index in [9.17, 15) is 50.8 Å². The lowest BCUT2D eigenvalue weighted by Crippen LogP contribution is -2.72. The Balaban J connectivity index is 1.91. The minimum absolute atomic E-state index is 0.0340. The number of nitrogens with two attached hydrogens (primary N) is 2. The van der Waals surface area contributed by atoms with Crippen molar-refractivity contribution in [1.29, 1.82) is 0 Å². The smallest absolute Gasteiger partial charge is 0.320 e. The quantitative estimate of drug-likeness (QED) is 0.105. The van der Waals surface area contributed by atoms with Crippen LogP contribution in [-0.4, -0.2) is 169 Å². The van der Waals surface area contributed by atoms with Gasteiger partial charge in [-0.15, -0.1) is 0 Å². The number of hydrogen-bond donors (Lipinski definition) is 12. The van der Waals surface area contributed by atoms with Crippen LogP contribution in [0.25, 0.3) is 0 Å². The normalized spacial score (nSPS) is 48.1. The average molecular weight is 602 g/mol. The predicted octanol–water partition coefficient (Wildman–Crippen LogP) is -6.79. The number of rotatable bonds is 11. The number of carboxylic acids is 1. The first-order chi connectivity index (χ1) is 19.3. The first kappa shape index (κ1) is 34.3. The van der Waals surface area contributed by atoms with Crippen molar-refractivity contribution in [3.63, 3.8) is 0 Å². The Morgan fingerprint density at radius 3 is 2.00 bits per heavy atom. The van der Waals surface area contributed by atoms with Crippen molar-refractivity contribution in [1.82, 2.24) is 5.32 Å². The summed E-state index contributed by atoms with van der Waals surface area (Å²) in [6, 6.07) is -5.47. The van der Waals surface area contributed by atoms with Gasteiger partial charge in [-0.25, -0.2) is 0 Å². The zero-order valence-electron chi connectivity index (χ0n) is 22.6. The Morgan fingerprint density at radius 1 is 0.902 bits per heavy atom. The summed E-state index contributed by atoms with van der Waals surface area (Å²) in [7, 11) is 0. The number of aliphatic hydroxyl groups is 8. The highest BCUT2D eigenvalue weighted by Crippen LogP contribution is 2.35. The lowest BCUT2D eigenvalue weighted by atomic mass is 9.84. The van der Waals surface area contributed by atoms with Crippen molar-refractivity contribution < 1.29 is 74.4 Å². The van der Waals surface area contributed by atoms with Crippen molar-refractivity contribution in [2.45, 2.75) is 118 Å². The van der Waals surface area contributed by atoms with E-state index in [0.29, 0.717) is 0 Å². The molecule has 3 saturated heterocycles. The van der Waals surface area contributed by atoms with E-state index >= 15 is 0 Å². The summed E-state index contributed by atoms with van der Waals surface area (Å²) in [5, 5.41) is 94.8. The van der Waals surface area contributed by atoms with Gasteiger partial charge in [-0.2, -0.15) is 0 Å². The van der Waals surface area contributed by atoms with Crippen molar-refractivity contribution in [3.05, 3.63) is 0 Å². The van der Waals surface area contributed by atoms with Crippen LogP contribution in [0.2, 0.25) is 0 Å². The topological polar surface area (TPSA) is 309 Å². The van der Waals surface area contributed by atoms with Crippen molar-refractivity contribution >= 4 is 5.97 Å². The van der Waals surface area contributed by atoms with Crippen LogP contribution in [-0.2, 0) is 28.5 Å². The van der Waals surface area contributed by atoms with Gasteiger partial charge in [0, 0.05) is 0 Å². The molecule has 0 aromatic rings. The van der Waals surface area contributed by atoms with Gasteiger partial charge in [0.15, 0.2) is 18.9 Å². The summed E-state index contributed by atoms with van der Waals surface area (Å²) >= 11 is 0. The molecule has 41 heavy (non-hydrogen) atoms. The summed E-state index contributed by atoms with van der Waals surface area (Å²) in [6.07, 6.45) is -16.9. The highest BCUT2D eigenvalue weighted by Gasteiger charge is 2.56. The lowest BCUT2D eigenvalue weighted by molar-refractivity contribution is -0.362. The highest BCUT2D eigenvalue weighted by molar-refractivity contribution is 5.72. The number of hydrogen-bond acceptors (Lipinski definition) is 17. The molecule has 3 heterocycles. The molecule has 3 aliphatic rings. The SMILES string of the molecule is CC[C@]1(CO)O[C@H](OC2[C@@H](CO)O[C@@H](OC3[C@@H](CO)O[C@@H](O)[C@H](N)[C@H]3O)[C@H](NC(C)C(=O)O)[C@H]2O)[C@H](N)[C@@H](O)[C@@H]1O. The molecule has 18 nitrogen and oxygen atoms in total. The fourth-order valence-corrected chi connectivity index (χ4v) is 5.18. The van der Waals surface area contributed by atoms with Crippen LogP contribution in [0.15, 0.2) is 0 Å².